The number of aromatic nitrogens is 3. The van der Waals surface area contributed by atoms with Gasteiger partial charge in [-0.25, -0.2) is 9.97 Å². The van der Waals surface area contributed by atoms with E-state index in [0.29, 0.717) is 34.4 Å². The van der Waals surface area contributed by atoms with E-state index in [1.807, 2.05) is 19.2 Å². The summed E-state index contributed by atoms with van der Waals surface area (Å²) in [4.78, 5) is 12.3. The molecule has 2 heterocycles. The molecule has 0 radical (unpaired) electrons. The van der Waals surface area contributed by atoms with Gasteiger partial charge in [0.15, 0.2) is 6.61 Å². The smallest absolute Gasteiger partial charge is 0.422 e. The Balaban J connectivity index is 1.88. The van der Waals surface area contributed by atoms with Crippen molar-refractivity contribution in [3.8, 4) is 5.88 Å². The Morgan fingerprint density at radius 1 is 1.19 bits per heavy atom. The van der Waals surface area contributed by atoms with Crippen molar-refractivity contribution in [2.24, 2.45) is 5.41 Å². The Morgan fingerprint density at radius 2 is 1.94 bits per heavy atom. The zero-order valence-electron chi connectivity index (χ0n) is 17.6. The maximum Gasteiger partial charge on any atom is 0.422 e. The standard InChI is InChI=1S/C21H23F3N6O2/c1-20(2,9-31)8-27-19-16(18(26)28-11-29-19)17(25)13-3-5-14-12(7-13)4-6-15(30-14)32-10-21(22,23)24/h3-7,11,25,31H,8-10H2,1-2H3,(H3,26,27,28,29)/p+1. The number of aliphatic hydroxyl groups is 1. The van der Waals surface area contributed by atoms with Crippen LogP contribution < -0.4 is 15.8 Å². The van der Waals surface area contributed by atoms with Crippen LogP contribution in [0, 0.1) is 10.8 Å². The third-order valence-electron chi connectivity index (χ3n) is 4.77. The molecular formula is C21H24F3N6O2+. The highest BCUT2D eigenvalue weighted by Gasteiger charge is 2.29. The van der Waals surface area contributed by atoms with E-state index in [1.165, 1.54) is 12.4 Å². The number of nitrogens with one attached hydrogen (secondary N) is 1. The maximum absolute atomic E-state index is 12.4. The Bertz CT molecular complexity index is 1130. The summed E-state index contributed by atoms with van der Waals surface area (Å²) in [7, 11) is 0. The van der Waals surface area contributed by atoms with Gasteiger partial charge in [0, 0.05) is 22.4 Å². The van der Waals surface area contributed by atoms with Gasteiger partial charge in [-0.15, -0.1) is 0 Å². The number of hydrogen-bond donors (Lipinski definition) is 4. The van der Waals surface area contributed by atoms with Crippen LogP contribution in [0.1, 0.15) is 25.0 Å². The summed E-state index contributed by atoms with van der Waals surface area (Å²) >= 11 is 0. The SMILES string of the molecule is CC(C)(CO)C[NH2+]c1ncnc(N)c1C(=N)c1ccc2nc(OCC(F)(F)F)ccc2c1. The highest BCUT2D eigenvalue weighted by atomic mass is 19.4. The van der Waals surface area contributed by atoms with E-state index in [1.54, 1.807) is 24.3 Å². The first-order valence-electron chi connectivity index (χ1n) is 9.73. The Labute approximate surface area is 182 Å². The fraction of sp³-hybridized carbons (Fsp3) is 0.333. The van der Waals surface area contributed by atoms with Gasteiger partial charge in [0.05, 0.1) is 24.4 Å². The van der Waals surface area contributed by atoms with Crippen molar-refractivity contribution in [2.75, 3.05) is 25.5 Å². The average Bonchev–Trinajstić information content (AvgIpc) is 2.75. The van der Waals surface area contributed by atoms with Crippen LogP contribution in [-0.2, 0) is 0 Å². The minimum Gasteiger partial charge on any atom is -0.468 e. The molecule has 2 aromatic heterocycles. The number of benzene rings is 1. The van der Waals surface area contributed by atoms with Crippen molar-refractivity contribution in [3.05, 3.63) is 47.8 Å². The highest BCUT2D eigenvalue weighted by Crippen LogP contribution is 2.24. The molecule has 0 fully saturated rings. The molecule has 3 aromatic rings. The van der Waals surface area contributed by atoms with Gasteiger partial charge >= 0.3 is 6.18 Å². The third kappa shape index (κ3) is 5.68. The van der Waals surface area contributed by atoms with Crippen LogP contribution in [0.5, 0.6) is 5.88 Å². The van der Waals surface area contributed by atoms with Crippen LogP contribution >= 0.6 is 0 Å². The molecule has 0 unspecified atom stereocenters. The normalized spacial score (nSPS) is 12.2. The predicted molar refractivity (Wildman–Crippen MR) is 113 cm³/mol. The number of anilines is 1. The number of rotatable bonds is 8. The van der Waals surface area contributed by atoms with Crippen molar-refractivity contribution in [1.29, 1.82) is 5.41 Å². The molecule has 0 saturated carbocycles. The molecule has 0 aliphatic carbocycles. The molecule has 0 saturated heterocycles. The summed E-state index contributed by atoms with van der Waals surface area (Å²) in [6.07, 6.45) is -3.13. The molecular weight excluding hydrogens is 425 g/mol. The second kappa shape index (κ2) is 9.05. The van der Waals surface area contributed by atoms with Gasteiger partial charge in [-0.3, -0.25) is 10.7 Å². The van der Waals surface area contributed by atoms with Crippen LogP contribution in [0.25, 0.3) is 10.9 Å². The minimum atomic E-state index is -4.45. The zero-order chi connectivity index (χ0) is 23.5. The van der Waals surface area contributed by atoms with Crippen molar-refractivity contribution >= 4 is 28.3 Å². The number of aliphatic hydroxyl groups excluding tert-OH is 1. The van der Waals surface area contributed by atoms with Gasteiger partial charge in [-0.2, -0.15) is 18.2 Å². The van der Waals surface area contributed by atoms with Gasteiger partial charge in [-0.05, 0) is 18.2 Å². The molecule has 170 valence electrons. The van der Waals surface area contributed by atoms with Gasteiger partial charge in [0.25, 0.3) is 0 Å². The van der Waals surface area contributed by atoms with Gasteiger partial charge in [0.1, 0.15) is 17.7 Å². The monoisotopic (exact) mass is 449 g/mol. The average molecular weight is 449 g/mol. The largest absolute Gasteiger partial charge is 0.468 e. The maximum atomic E-state index is 12.4. The van der Waals surface area contributed by atoms with E-state index in [-0.39, 0.29) is 29.4 Å². The van der Waals surface area contributed by atoms with Gasteiger partial charge in [-0.1, -0.05) is 19.9 Å². The van der Waals surface area contributed by atoms with Crippen LogP contribution in [-0.4, -0.2) is 51.7 Å². The molecule has 0 aliphatic rings. The summed E-state index contributed by atoms with van der Waals surface area (Å²) in [6, 6.07) is 7.83. The number of alkyl halides is 3. The molecule has 1 aromatic carbocycles. The first-order chi connectivity index (χ1) is 15.0. The fourth-order valence-corrected chi connectivity index (χ4v) is 2.90. The van der Waals surface area contributed by atoms with Crippen LogP contribution in [0.3, 0.4) is 0 Å². The Kier molecular flexibility index (Phi) is 6.60. The minimum absolute atomic E-state index is 0.0107. The lowest BCUT2D eigenvalue weighted by Crippen LogP contribution is -2.82. The summed E-state index contributed by atoms with van der Waals surface area (Å²) < 4.78 is 41.7. The van der Waals surface area contributed by atoms with E-state index in [9.17, 15) is 18.3 Å². The highest BCUT2D eigenvalue weighted by molar-refractivity contribution is 6.16. The number of pyridine rings is 1. The van der Waals surface area contributed by atoms with Crippen molar-refractivity contribution in [3.63, 3.8) is 0 Å². The zero-order valence-corrected chi connectivity index (χ0v) is 17.6. The molecule has 0 aliphatic heterocycles. The first-order valence-corrected chi connectivity index (χ1v) is 9.73. The van der Waals surface area contributed by atoms with Crippen molar-refractivity contribution in [2.45, 2.75) is 20.0 Å². The number of fused-ring (bicyclic) bond motifs is 1. The second-order valence-electron chi connectivity index (χ2n) is 8.09. The van der Waals surface area contributed by atoms with Crippen molar-refractivity contribution < 1.29 is 28.3 Å². The number of nitrogen functional groups attached to an aromatic ring is 1. The summed E-state index contributed by atoms with van der Waals surface area (Å²) in [5.74, 6) is 0.493. The number of hydrogen-bond acceptors (Lipinski definition) is 7. The summed E-state index contributed by atoms with van der Waals surface area (Å²) in [5, 5.41) is 20.6. The Hall–Kier alpha value is -3.31. The molecule has 0 amide bonds. The van der Waals surface area contributed by atoms with E-state index in [4.69, 9.17) is 11.1 Å². The second-order valence-corrected chi connectivity index (χ2v) is 8.09. The van der Waals surface area contributed by atoms with Gasteiger partial charge < -0.3 is 15.6 Å². The van der Waals surface area contributed by atoms with Crippen LogP contribution in [0.15, 0.2) is 36.7 Å². The van der Waals surface area contributed by atoms with Crippen LogP contribution in [0.2, 0.25) is 0 Å². The first kappa shape index (κ1) is 23.4. The molecule has 0 atom stereocenters. The number of quaternary nitrogens is 1. The van der Waals surface area contributed by atoms with E-state index in [0.717, 1.165) is 0 Å². The fourth-order valence-electron chi connectivity index (χ4n) is 2.90. The molecule has 6 N–H and O–H groups in total. The number of ether oxygens (including phenoxy) is 1. The van der Waals surface area contributed by atoms with E-state index in [2.05, 4.69) is 19.7 Å². The summed E-state index contributed by atoms with van der Waals surface area (Å²) in [6.45, 7) is 2.89. The molecule has 32 heavy (non-hydrogen) atoms. The number of halogens is 3. The number of nitrogens with two attached hydrogens (primary N) is 2. The molecule has 0 bridgehead atoms. The molecule has 11 heteroatoms. The summed E-state index contributed by atoms with van der Waals surface area (Å²) in [5.41, 5.74) is 7.08. The van der Waals surface area contributed by atoms with E-state index < -0.39 is 12.8 Å². The lowest BCUT2D eigenvalue weighted by atomic mass is 9.94. The van der Waals surface area contributed by atoms with E-state index >= 15 is 0 Å². The lowest BCUT2D eigenvalue weighted by Gasteiger charge is -2.19. The Morgan fingerprint density at radius 3 is 2.62 bits per heavy atom. The molecule has 8 nitrogen and oxygen atoms in total. The third-order valence-corrected chi connectivity index (χ3v) is 4.77. The van der Waals surface area contributed by atoms with Crippen molar-refractivity contribution in [1.82, 2.24) is 15.0 Å². The predicted octanol–water partition coefficient (Wildman–Crippen LogP) is 2.18. The molecule has 0 spiro atoms. The van der Waals surface area contributed by atoms with Crippen LogP contribution in [0.4, 0.5) is 24.8 Å². The number of nitrogens with zero attached hydrogens (tertiary/aromatic N) is 3. The quantitative estimate of drug-likeness (QED) is 0.390. The lowest BCUT2D eigenvalue weighted by molar-refractivity contribution is -0.589. The topological polar surface area (TPSA) is 135 Å². The molecule has 3 rings (SSSR count). The van der Waals surface area contributed by atoms with Gasteiger partial charge in [0.2, 0.25) is 11.7 Å².